The minimum absolute atomic E-state index is 0.232. The number of carbonyl (C=O) groups excluding carboxylic acids is 2. The van der Waals surface area contributed by atoms with Crippen molar-refractivity contribution in [1.82, 2.24) is 10.3 Å². The maximum absolute atomic E-state index is 11.9. The first-order valence-corrected chi connectivity index (χ1v) is 6.63. The first-order valence-electron chi connectivity index (χ1n) is 6.63. The molecule has 112 valence electrons. The van der Waals surface area contributed by atoms with E-state index < -0.39 is 0 Å². The van der Waals surface area contributed by atoms with Gasteiger partial charge in [0.25, 0.3) is 5.91 Å². The van der Waals surface area contributed by atoms with Gasteiger partial charge in [-0.05, 0) is 32.4 Å². The molecule has 21 heavy (non-hydrogen) atoms. The van der Waals surface area contributed by atoms with Crippen LogP contribution in [0.15, 0.2) is 17.5 Å². The first-order chi connectivity index (χ1) is 9.97. The van der Waals surface area contributed by atoms with Crippen LogP contribution < -0.4 is 5.32 Å². The molecular formula is C15H18N2O4. The highest BCUT2D eigenvalue weighted by atomic mass is 16.5. The third-order valence-corrected chi connectivity index (χ3v) is 3.25. The summed E-state index contributed by atoms with van der Waals surface area (Å²) in [6, 6.07) is 0. The maximum atomic E-state index is 11.9. The number of H-pyrrole nitrogens is 1. The zero-order valence-corrected chi connectivity index (χ0v) is 12.5. The van der Waals surface area contributed by atoms with Crippen LogP contribution in [-0.2, 0) is 14.3 Å². The Balaban J connectivity index is 2.39. The molecule has 2 N–H and O–H groups in total. The van der Waals surface area contributed by atoms with Crippen molar-refractivity contribution in [2.24, 2.45) is 0 Å². The molecule has 0 atom stereocenters. The molecule has 0 unspecified atom stereocenters. The van der Waals surface area contributed by atoms with E-state index in [1.165, 1.54) is 13.2 Å². The van der Waals surface area contributed by atoms with E-state index in [-0.39, 0.29) is 11.9 Å². The average Bonchev–Trinajstić information content (AvgIpc) is 2.91. The molecule has 0 radical (unpaired) electrons. The monoisotopic (exact) mass is 290 g/mol. The number of aromatic amines is 1. The van der Waals surface area contributed by atoms with Crippen LogP contribution in [0.1, 0.15) is 34.2 Å². The largest absolute Gasteiger partial charge is 0.494 e. The van der Waals surface area contributed by atoms with Crippen LogP contribution in [-0.4, -0.2) is 30.6 Å². The SMILES string of the molecule is CCOC(=O)c1c(C)[nH]c(/C=C2\NC(=O)C=C2OC)c1C. The average molecular weight is 290 g/mol. The Hall–Kier alpha value is -2.50. The summed E-state index contributed by atoms with van der Waals surface area (Å²) in [5, 5.41) is 2.68. The molecule has 0 aromatic carbocycles. The summed E-state index contributed by atoms with van der Waals surface area (Å²) in [4.78, 5) is 26.4. The number of rotatable bonds is 4. The quantitative estimate of drug-likeness (QED) is 0.829. The van der Waals surface area contributed by atoms with Gasteiger partial charge in [-0.15, -0.1) is 0 Å². The van der Waals surface area contributed by atoms with Crippen LogP contribution in [0.2, 0.25) is 0 Å². The van der Waals surface area contributed by atoms with Crippen molar-refractivity contribution >= 4 is 18.0 Å². The Morgan fingerprint density at radius 1 is 1.38 bits per heavy atom. The highest BCUT2D eigenvalue weighted by molar-refractivity contribution is 5.96. The number of hydrogen-bond donors (Lipinski definition) is 2. The lowest BCUT2D eigenvalue weighted by Crippen LogP contribution is -2.13. The normalized spacial score (nSPS) is 15.9. The van der Waals surface area contributed by atoms with Crippen LogP contribution in [0.5, 0.6) is 0 Å². The van der Waals surface area contributed by atoms with Gasteiger partial charge in [0.15, 0.2) is 0 Å². The zero-order valence-electron chi connectivity index (χ0n) is 12.5. The summed E-state index contributed by atoms with van der Waals surface area (Å²) in [6.07, 6.45) is 3.12. The molecule has 6 nitrogen and oxygen atoms in total. The summed E-state index contributed by atoms with van der Waals surface area (Å²) >= 11 is 0. The number of aryl methyl sites for hydroxylation is 1. The fourth-order valence-electron chi connectivity index (χ4n) is 2.28. The van der Waals surface area contributed by atoms with Gasteiger partial charge in [-0.2, -0.15) is 0 Å². The van der Waals surface area contributed by atoms with Gasteiger partial charge in [0.2, 0.25) is 0 Å². The number of amides is 1. The van der Waals surface area contributed by atoms with Gasteiger partial charge in [-0.25, -0.2) is 4.79 Å². The van der Waals surface area contributed by atoms with Gasteiger partial charge in [0, 0.05) is 17.5 Å². The second-order valence-electron chi connectivity index (χ2n) is 4.64. The molecule has 1 aromatic rings. The predicted molar refractivity (Wildman–Crippen MR) is 77.4 cm³/mol. The molecule has 1 aromatic heterocycles. The first kappa shape index (κ1) is 14.9. The van der Waals surface area contributed by atoms with Crippen LogP contribution >= 0.6 is 0 Å². The Morgan fingerprint density at radius 2 is 2.10 bits per heavy atom. The minimum Gasteiger partial charge on any atom is -0.494 e. The van der Waals surface area contributed by atoms with E-state index in [0.29, 0.717) is 23.6 Å². The number of ether oxygens (including phenoxy) is 2. The predicted octanol–water partition coefficient (Wildman–Crippen LogP) is 1.81. The van der Waals surface area contributed by atoms with E-state index >= 15 is 0 Å². The number of esters is 1. The maximum Gasteiger partial charge on any atom is 0.340 e. The Labute approximate surface area is 122 Å². The van der Waals surface area contributed by atoms with Crippen molar-refractivity contribution in [3.05, 3.63) is 40.0 Å². The summed E-state index contributed by atoms with van der Waals surface area (Å²) in [6.45, 7) is 5.73. The number of carbonyl (C=O) groups is 2. The highest BCUT2D eigenvalue weighted by Gasteiger charge is 2.21. The lowest BCUT2D eigenvalue weighted by molar-refractivity contribution is -0.115. The van der Waals surface area contributed by atoms with E-state index in [0.717, 1.165) is 17.0 Å². The van der Waals surface area contributed by atoms with Gasteiger partial charge in [-0.1, -0.05) is 0 Å². The topological polar surface area (TPSA) is 80.4 Å². The van der Waals surface area contributed by atoms with Gasteiger partial charge in [0.05, 0.1) is 25.0 Å². The number of aromatic nitrogens is 1. The van der Waals surface area contributed by atoms with Crippen LogP contribution in [0.3, 0.4) is 0 Å². The van der Waals surface area contributed by atoms with Crippen molar-refractivity contribution in [2.75, 3.05) is 13.7 Å². The Kier molecular flexibility index (Phi) is 4.16. The molecule has 0 saturated heterocycles. The van der Waals surface area contributed by atoms with E-state index in [1.54, 1.807) is 13.0 Å². The van der Waals surface area contributed by atoms with E-state index in [9.17, 15) is 9.59 Å². The third kappa shape index (κ3) is 2.84. The van der Waals surface area contributed by atoms with E-state index in [2.05, 4.69) is 10.3 Å². The van der Waals surface area contributed by atoms with Crippen molar-refractivity contribution in [3.63, 3.8) is 0 Å². The lowest BCUT2D eigenvalue weighted by Gasteiger charge is -2.04. The Bertz CT molecular complexity index is 653. The summed E-state index contributed by atoms with van der Waals surface area (Å²) in [5.41, 5.74) is 3.31. The van der Waals surface area contributed by atoms with Crippen LogP contribution in [0, 0.1) is 13.8 Å². The third-order valence-electron chi connectivity index (χ3n) is 3.25. The Morgan fingerprint density at radius 3 is 2.71 bits per heavy atom. The molecule has 0 saturated carbocycles. The molecule has 1 aliphatic rings. The fraction of sp³-hybridized carbons (Fsp3) is 0.333. The van der Waals surface area contributed by atoms with Crippen molar-refractivity contribution in [2.45, 2.75) is 20.8 Å². The number of methoxy groups -OCH3 is 1. The molecule has 0 aliphatic carbocycles. The fourth-order valence-corrected chi connectivity index (χ4v) is 2.28. The molecule has 6 heteroatoms. The lowest BCUT2D eigenvalue weighted by atomic mass is 10.1. The minimum atomic E-state index is -0.355. The van der Waals surface area contributed by atoms with Crippen molar-refractivity contribution < 1.29 is 19.1 Å². The molecule has 0 bridgehead atoms. The van der Waals surface area contributed by atoms with Crippen molar-refractivity contribution in [1.29, 1.82) is 0 Å². The summed E-state index contributed by atoms with van der Waals surface area (Å²) < 4.78 is 10.2. The molecule has 1 amide bonds. The van der Waals surface area contributed by atoms with Crippen LogP contribution in [0.25, 0.3) is 6.08 Å². The molecular weight excluding hydrogens is 272 g/mol. The molecule has 0 spiro atoms. The second-order valence-corrected chi connectivity index (χ2v) is 4.64. The standard InChI is InChI=1S/C15H18N2O4/c1-5-21-15(19)14-8(2)10(16-9(14)3)6-11-12(20-4)7-13(18)17-11/h6-7,16H,5H2,1-4H3,(H,17,18)/b11-6-. The highest BCUT2D eigenvalue weighted by Crippen LogP contribution is 2.23. The second kappa shape index (κ2) is 5.87. The van der Waals surface area contributed by atoms with Gasteiger partial charge in [0.1, 0.15) is 5.76 Å². The summed E-state index contributed by atoms with van der Waals surface area (Å²) in [7, 11) is 1.50. The smallest absolute Gasteiger partial charge is 0.340 e. The van der Waals surface area contributed by atoms with Gasteiger partial charge < -0.3 is 19.8 Å². The molecule has 0 fully saturated rings. The molecule has 1 aliphatic heterocycles. The molecule has 2 heterocycles. The van der Waals surface area contributed by atoms with Crippen molar-refractivity contribution in [3.8, 4) is 0 Å². The van der Waals surface area contributed by atoms with Gasteiger partial charge in [-0.3, -0.25) is 4.79 Å². The van der Waals surface area contributed by atoms with Gasteiger partial charge >= 0.3 is 5.97 Å². The summed E-state index contributed by atoms with van der Waals surface area (Å²) in [5.74, 6) is -0.125. The number of nitrogens with one attached hydrogen (secondary N) is 2. The van der Waals surface area contributed by atoms with Crippen LogP contribution in [0.4, 0.5) is 0 Å². The number of hydrogen-bond acceptors (Lipinski definition) is 4. The zero-order chi connectivity index (χ0) is 15.6. The van der Waals surface area contributed by atoms with E-state index in [1.807, 2.05) is 13.8 Å². The van der Waals surface area contributed by atoms with E-state index in [4.69, 9.17) is 9.47 Å². The molecule has 2 rings (SSSR count).